The minimum absolute atomic E-state index is 0.0846. The number of nitrogens with one attached hydrogen (secondary N) is 1. The molecule has 2 saturated heterocycles. The van der Waals surface area contributed by atoms with Crippen LogP contribution in [0.2, 0.25) is 0 Å². The van der Waals surface area contributed by atoms with Gasteiger partial charge in [0.25, 0.3) is 5.91 Å². The molecule has 2 aliphatic rings. The minimum Gasteiger partial charge on any atom is -0.348 e. The Morgan fingerprint density at radius 2 is 1.18 bits per heavy atom. The highest BCUT2D eigenvalue weighted by Crippen LogP contribution is 2.19. The van der Waals surface area contributed by atoms with Crippen LogP contribution < -0.4 is 5.32 Å². The number of benzene rings is 3. The smallest absolute Gasteiger partial charge is 0.251 e. The highest BCUT2D eigenvalue weighted by atomic mass is 32.2. The lowest BCUT2D eigenvalue weighted by atomic mass is 10.1. The van der Waals surface area contributed by atoms with Crippen molar-refractivity contribution in [2.75, 3.05) is 39.3 Å². The maximum atomic E-state index is 12.9. The molecule has 206 valence electrons. The first-order valence-electron chi connectivity index (χ1n) is 13.9. The van der Waals surface area contributed by atoms with Crippen LogP contribution in [0, 0.1) is 0 Å². The van der Waals surface area contributed by atoms with Crippen molar-refractivity contribution < 1.29 is 13.2 Å². The molecule has 0 radical (unpaired) electrons. The van der Waals surface area contributed by atoms with Gasteiger partial charge in [-0.25, -0.2) is 8.42 Å². The molecule has 8 heteroatoms. The Bertz CT molecular complexity index is 1310. The average molecular weight is 547 g/mol. The van der Waals surface area contributed by atoms with Crippen LogP contribution in [0.5, 0.6) is 0 Å². The Kier molecular flexibility index (Phi) is 9.09. The quantitative estimate of drug-likeness (QED) is 0.437. The number of likely N-dealkylation sites (tertiary alicyclic amines) is 1. The molecule has 0 atom stereocenters. The number of amides is 1. The summed E-state index contributed by atoms with van der Waals surface area (Å²) < 4.78 is 27.3. The number of carbonyl (C=O) groups excluding carboxylic acids is 1. The Labute approximate surface area is 232 Å². The molecule has 3 aromatic rings. The fourth-order valence-corrected chi connectivity index (χ4v) is 6.76. The topological polar surface area (TPSA) is 73.0 Å². The van der Waals surface area contributed by atoms with E-state index in [4.69, 9.17) is 0 Å². The van der Waals surface area contributed by atoms with E-state index in [-0.39, 0.29) is 5.91 Å². The number of piperazine rings is 1. The van der Waals surface area contributed by atoms with E-state index in [1.807, 2.05) is 30.3 Å². The van der Waals surface area contributed by atoms with Crippen LogP contribution in [-0.2, 0) is 29.7 Å². The van der Waals surface area contributed by atoms with Crippen LogP contribution in [-0.4, -0.2) is 67.7 Å². The van der Waals surface area contributed by atoms with Gasteiger partial charge in [0.1, 0.15) is 0 Å². The van der Waals surface area contributed by atoms with Gasteiger partial charge in [0.15, 0.2) is 0 Å². The van der Waals surface area contributed by atoms with E-state index in [1.54, 1.807) is 28.6 Å². The summed E-state index contributed by atoms with van der Waals surface area (Å²) in [4.78, 5) is 17.8. The maximum Gasteiger partial charge on any atom is 0.251 e. The first kappa shape index (κ1) is 27.5. The molecule has 0 aromatic heterocycles. The number of rotatable bonds is 9. The molecule has 1 N–H and O–H groups in total. The fourth-order valence-electron chi connectivity index (χ4n) is 5.31. The normalized spacial score (nSPS) is 17.6. The average Bonchev–Trinajstić information content (AvgIpc) is 2.98. The number of carbonyl (C=O) groups is 1. The Hall–Kier alpha value is -3.04. The zero-order valence-electron chi connectivity index (χ0n) is 22.5. The molecule has 5 rings (SSSR count). The lowest BCUT2D eigenvalue weighted by molar-refractivity contribution is 0.0951. The number of sulfonamides is 1. The van der Waals surface area contributed by atoms with Gasteiger partial charge in [0.05, 0.1) is 4.90 Å². The van der Waals surface area contributed by atoms with Gasteiger partial charge in [-0.05, 0) is 66.9 Å². The maximum absolute atomic E-state index is 12.9. The Morgan fingerprint density at radius 1 is 0.641 bits per heavy atom. The number of hydrogen-bond acceptors (Lipinski definition) is 5. The zero-order chi connectivity index (χ0) is 27.1. The van der Waals surface area contributed by atoms with Crippen LogP contribution in [0.4, 0.5) is 0 Å². The molecule has 0 spiro atoms. The first-order chi connectivity index (χ1) is 19.0. The summed E-state index contributed by atoms with van der Waals surface area (Å²) in [5.74, 6) is -0.0846. The van der Waals surface area contributed by atoms with Crippen LogP contribution in [0.3, 0.4) is 0 Å². The second-order valence-electron chi connectivity index (χ2n) is 10.5. The molecule has 0 unspecified atom stereocenters. The van der Waals surface area contributed by atoms with E-state index in [2.05, 4.69) is 39.4 Å². The van der Waals surface area contributed by atoms with Crippen LogP contribution in [0.25, 0.3) is 0 Å². The molecule has 2 aliphatic heterocycles. The van der Waals surface area contributed by atoms with Crippen molar-refractivity contribution >= 4 is 15.9 Å². The van der Waals surface area contributed by atoms with E-state index in [0.717, 1.165) is 24.2 Å². The third kappa shape index (κ3) is 7.33. The van der Waals surface area contributed by atoms with E-state index < -0.39 is 10.0 Å². The lowest BCUT2D eigenvalue weighted by Gasteiger charge is -2.34. The van der Waals surface area contributed by atoms with Crippen molar-refractivity contribution in [3.8, 4) is 0 Å². The minimum atomic E-state index is -3.45. The SMILES string of the molecule is O=C(NCc1ccc(CN2CCCCC2)cc1)c1ccc(CN2CCN(S(=O)(=O)c3ccccc3)CC2)cc1. The summed E-state index contributed by atoms with van der Waals surface area (Å²) in [5, 5.41) is 3.03. The van der Waals surface area contributed by atoms with Gasteiger partial charge in [-0.3, -0.25) is 14.6 Å². The van der Waals surface area contributed by atoms with Crippen molar-refractivity contribution in [1.82, 2.24) is 19.4 Å². The number of nitrogens with zero attached hydrogens (tertiary/aromatic N) is 3. The van der Waals surface area contributed by atoms with Crippen LogP contribution in [0.15, 0.2) is 83.8 Å². The van der Waals surface area contributed by atoms with Gasteiger partial charge in [-0.1, -0.05) is 61.0 Å². The van der Waals surface area contributed by atoms with Crippen molar-refractivity contribution in [1.29, 1.82) is 0 Å². The van der Waals surface area contributed by atoms with Gasteiger partial charge in [-0.15, -0.1) is 0 Å². The standard InChI is InChI=1S/C31H38N4O3S/c36-31(32-23-26-9-11-27(12-10-26)24-33-17-5-2-6-18-33)29-15-13-28(14-16-29)25-34-19-21-35(22-20-34)39(37,38)30-7-3-1-4-8-30/h1,3-4,7-16H,2,5-6,17-25H2,(H,32,36). The summed E-state index contributed by atoms with van der Waals surface area (Å²) >= 11 is 0. The third-order valence-corrected chi connectivity index (χ3v) is 9.58. The van der Waals surface area contributed by atoms with E-state index in [9.17, 15) is 13.2 Å². The first-order valence-corrected chi connectivity index (χ1v) is 15.4. The molecule has 2 fully saturated rings. The molecule has 39 heavy (non-hydrogen) atoms. The summed E-state index contributed by atoms with van der Waals surface area (Å²) in [7, 11) is -3.45. The lowest BCUT2D eigenvalue weighted by Crippen LogP contribution is -2.48. The highest BCUT2D eigenvalue weighted by Gasteiger charge is 2.28. The summed E-state index contributed by atoms with van der Waals surface area (Å²) in [6.45, 7) is 6.88. The van der Waals surface area contributed by atoms with E-state index in [0.29, 0.717) is 43.2 Å². The molecule has 1 amide bonds. The summed E-state index contributed by atoms with van der Waals surface area (Å²) in [6, 6.07) is 24.9. The Morgan fingerprint density at radius 3 is 1.79 bits per heavy atom. The van der Waals surface area contributed by atoms with E-state index in [1.165, 1.54) is 37.9 Å². The molecule has 0 aliphatic carbocycles. The second kappa shape index (κ2) is 12.9. The van der Waals surface area contributed by atoms with Gasteiger partial charge < -0.3 is 5.32 Å². The predicted octanol–water partition coefficient (Wildman–Crippen LogP) is 4.11. The molecular formula is C31H38N4O3S. The van der Waals surface area contributed by atoms with E-state index >= 15 is 0 Å². The fraction of sp³-hybridized carbons (Fsp3) is 0.387. The number of piperidine rings is 1. The molecule has 2 heterocycles. The highest BCUT2D eigenvalue weighted by molar-refractivity contribution is 7.89. The molecule has 3 aromatic carbocycles. The van der Waals surface area contributed by atoms with Crippen molar-refractivity contribution in [2.45, 2.75) is 43.8 Å². The van der Waals surface area contributed by atoms with Crippen molar-refractivity contribution in [3.63, 3.8) is 0 Å². The predicted molar refractivity (Wildman–Crippen MR) is 154 cm³/mol. The Balaban J connectivity index is 1.06. The largest absolute Gasteiger partial charge is 0.348 e. The molecule has 0 saturated carbocycles. The molecular weight excluding hydrogens is 508 g/mol. The summed E-state index contributed by atoms with van der Waals surface area (Å²) in [5.41, 5.74) is 4.16. The van der Waals surface area contributed by atoms with Crippen LogP contribution in [0.1, 0.15) is 46.3 Å². The van der Waals surface area contributed by atoms with Crippen molar-refractivity contribution in [3.05, 3.63) is 101 Å². The van der Waals surface area contributed by atoms with Gasteiger partial charge in [0.2, 0.25) is 10.0 Å². The summed E-state index contributed by atoms with van der Waals surface area (Å²) in [6.07, 6.45) is 3.94. The van der Waals surface area contributed by atoms with Gasteiger partial charge in [-0.2, -0.15) is 4.31 Å². The van der Waals surface area contributed by atoms with Crippen molar-refractivity contribution in [2.24, 2.45) is 0 Å². The molecule has 7 nitrogen and oxygen atoms in total. The van der Waals surface area contributed by atoms with Crippen LogP contribution >= 0.6 is 0 Å². The molecule has 0 bridgehead atoms. The van der Waals surface area contributed by atoms with Gasteiger partial charge in [0, 0.05) is 51.4 Å². The number of hydrogen-bond donors (Lipinski definition) is 1. The third-order valence-electron chi connectivity index (χ3n) is 7.67. The zero-order valence-corrected chi connectivity index (χ0v) is 23.3. The monoisotopic (exact) mass is 546 g/mol. The van der Waals surface area contributed by atoms with Gasteiger partial charge >= 0.3 is 0 Å². The second-order valence-corrected chi connectivity index (χ2v) is 12.5.